The molecule has 1 saturated heterocycles. The summed E-state index contributed by atoms with van der Waals surface area (Å²) in [5.41, 5.74) is 1.66. The maximum atomic E-state index is 12.8. The summed E-state index contributed by atoms with van der Waals surface area (Å²) in [5.74, 6) is -0.00890. The molecule has 2 aliphatic rings. The van der Waals surface area contributed by atoms with E-state index in [-0.39, 0.29) is 23.5 Å². The third kappa shape index (κ3) is 3.67. The molecular weight excluding hydrogens is 324 g/mol. The van der Waals surface area contributed by atoms with E-state index in [0.717, 1.165) is 17.7 Å². The maximum Gasteiger partial charge on any atom is 0.409 e. The van der Waals surface area contributed by atoms with Crippen molar-refractivity contribution in [2.75, 3.05) is 32.8 Å². The molecule has 136 valence electrons. The molecular formula is C17H24N4O4. The maximum absolute atomic E-state index is 12.8. The van der Waals surface area contributed by atoms with E-state index < -0.39 is 0 Å². The molecule has 0 spiro atoms. The molecule has 1 aliphatic heterocycles. The molecule has 0 saturated carbocycles. The fraction of sp³-hybridized carbons (Fsp3) is 0.647. The highest BCUT2D eigenvalue weighted by Gasteiger charge is 2.32. The standard InChI is InChI=1S/C17H24N4O4/c1-3-25-17(24)21-8-6-20(7-9-21)16(23)12-4-5-14-13(10-12)11-15(22)19(2)18-14/h11-12H,3-10H2,1-2H3/t12-/m0/s1. The molecule has 1 aliphatic carbocycles. The van der Waals surface area contributed by atoms with Crippen molar-refractivity contribution < 1.29 is 14.3 Å². The summed E-state index contributed by atoms with van der Waals surface area (Å²) in [4.78, 5) is 39.8. The first-order valence-electron chi connectivity index (χ1n) is 8.76. The Bertz CT molecular complexity index is 722. The lowest BCUT2D eigenvalue weighted by Gasteiger charge is -2.36. The van der Waals surface area contributed by atoms with Crippen LogP contribution in [0.1, 0.15) is 24.6 Å². The predicted molar refractivity (Wildman–Crippen MR) is 90.2 cm³/mol. The fourth-order valence-electron chi connectivity index (χ4n) is 3.48. The van der Waals surface area contributed by atoms with Crippen LogP contribution in [0.2, 0.25) is 0 Å². The second-order valence-electron chi connectivity index (χ2n) is 6.53. The Hall–Kier alpha value is -2.38. The molecule has 2 heterocycles. The zero-order valence-electron chi connectivity index (χ0n) is 14.7. The summed E-state index contributed by atoms with van der Waals surface area (Å²) in [6.07, 6.45) is 1.70. The van der Waals surface area contributed by atoms with Gasteiger partial charge in [0, 0.05) is 45.2 Å². The van der Waals surface area contributed by atoms with Crippen LogP contribution in [0.3, 0.4) is 0 Å². The van der Waals surface area contributed by atoms with E-state index >= 15 is 0 Å². The Morgan fingerprint density at radius 2 is 1.92 bits per heavy atom. The number of amides is 2. The second kappa shape index (κ2) is 7.25. The molecule has 2 amide bonds. The minimum Gasteiger partial charge on any atom is -0.450 e. The Morgan fingerprint density at radius 1 is 1.24 bits per heavy atom. The number of hydrogen-bond donors (Lipinski definition) is 0. The van der Waals surface area contributed by atoms with Gasteiger partial charge in [0.1, 0.15) is 0 Å². The Kier molecular flexibility index (Phi) is 5.06. The Balaban J connectivity index is 1.60. The highest BCUT2D eigenvalue weighted by Crippen LogP contribution is 2.25. The molecule has 0 bridgehead atoms. The number of carbonyl (C=O) groups excluding carboxylic acids is 2. The van der Waals surface area contributed by atoms with Gasteiger partial charge in [0.25, 0.3) is 5.56 Å². The average Bonchev–Trinajstić information content (AvgIpc) is 2.62. The van der Waals surface area contributed by atoms with Crippen molar-refractivity contribution in [2.24, 2.45) is 13.0 Å². The number of piperazine rings is 1. The number of ether oxygens (including phenoxy) is 1. The van der Waals surface area contributed by atoms with Crippen LogP contribution in [0, 0.1) is 5.92 Å². The molecule has 8 nitrogen and oxygen atoms in total. The first-order chi connectivity index (χ1) is 12.0. The van der Waals surface area contributed by atoms with E-state index in [9.17, 15) is 14.4 Å². The van der Waals surface area contributed by atoms with Crippen LogP contribution in [0.4, 0.5) is 4.79 Å². The van der Waals surface area contributed by atoms with Gasteiger partial charge in [-0.15, -0.1) is 0 Å². The number of nitrogens with zero attached hydrogens (tertiary/aromatic N) is 4. The average molecular weight is 348 g/mol. The van der Waals surface area contributed by atoms with Crippen molar-refractivity contribution in [3.05, 3.63) is 27.7 Å². The second-order valence-corrected chi connectivity index (χ2v) is 6.53. The van der Waals surface area contributed by atoms with Crippen LogP contribution in [0.5, 0.6) is 0 Å². The van der Waals surface area contributed by atoms with E-state index in [0.29, 0.717) is 45.6 Å². The SMILES string of the molecule is CCOC(=O)N1CCN(C(=O)[C@H]2CCc3nn(C)c(=O)cc3C2)CC1. The fourth-order valence-corrected chi connectivity index (χ4v) is 3.48. The van der Waals surface area contributed by atoms with Gasteiger partial charge in [0.15, 0.2) is 0 Å². The summed E-state index contributed by atoms with van der Waals surface area (Å²) >= 11 is 0. The largest absolute Gasteiger partial charge is 0.450 e. The van der Waals surface area contributed by atoms with Crippen LogP contribution >= 0.6 is 0 Å². The minimum atomic E-state index is -0.317. The van der Waals surface area contributed by atoms with E-state index in [1.54, 1.807) is 24.9 Å². The lowest BCUT2D eigenvalue weighted by Crippen LogP contribution is -2.52. The lowest BCUT2D eigenvalue weighted by molar-refractivity contribution is -0.137. The smallest absolute Gasteiger partial charge is 0.409 e. The molecule has 0 unspecified atom stereocenters. The van der Waals surface area contributed by atoms with Gasteiger partial charge in [-0.05, 0) is 31.7 Å². The van der Waals surface area contributed by atoms with E-state index in [1.165, 1.54) is 4.68 Å². The van der Waals surface area contributed by atoms with Crippen LogP contribution in [-0.2, 0) is 29.4 Å². The third-order valence-electron chi connectivity index (χ3n) is 4.92. The van der Waals surface area contributed by atoms with E-state index in [1.807, 2.05) is 4.90 Å². The minimum absolute atomic E-state index is 0.106. The van der Waals surface area contributed by atoms with Gasteiger partial charge in [-0.25, -0.2) is 9.48 Å². The van der Waals surface area contributed by atoms with Crippen molar-refractivity contribution in [2.45, 2.75) is 26.2 Å². The molecule has 0 N–H and O–H groups in total. The first-order valence-corrected chi connectivity index (χ1v) is 8.76. The zero-order valence-corrected chi connectivity index (χ0v) is 14.7. The highest BCUT2D eigenvalue weighted by molar-refractivity contribution is 5.80. The van der Waals surface area contributed by atoms with Crippen molar-refractivity contribution in [1.82, 2.24) is 19.6 Å². The highest BCUT2D eigenvalue weighted by atomic mass is 16.6. The number of carbonyl (C=O) groups is 2. The zero-order chi connectivity index (χ0) is 18.0. The Morgan fingerprint density at radius 3 is 2.60 bits per heavy atom. The molecule has 1 fully saturated rings. The molecule has 1 atom stereocenters. The van der Waals surface area contributed by atoms with Gasteiger partial charge in [-0.3, -0.25) is 9.59 Å². The summed E-state index contributed by atoms with van der Waals surface area (Å²) in [5, 5.41) is 4.29. The molecule has 1 aromatic heterocycles. The first kappa shape index (κ1) is 17.4. The summed E-state index contributed by atoms with van der Waals surface area (Å²) in [7, 11) is 1.64. The monoisotopic (exact) mass is 348 g/mol. The lowest BCUT2D eigenvalue weighted by atomic mass is 9.86. The van der Waals surface area contributed by atoms with Gasteiger partial charge in [0.2, 0.25) is 5.91 Å². The number of aryl methyl sites for hydroxylation is 2. The molecule has 0 aromatic carbocycles. The molecule has 3 rings (SSSR count). The topological polar surface area (TPSA) is 84.7 Å². The van der Waals surface area contributed by atoms with E-state index in [4.69, 9.17) is 4.74 Å². The molecule has 0 radical (unpaired) electrons. The van der Waals surface area contributed by atoms with Crippen molar-refractivity contribution in [3.63, 3.8) is 0 Å². The van der Waals surface area contributed by atoms with Gasteiger partial charge < -0.3 is 14.5 Å². The molecule has 25 heavy (non-hydrogen) atoms. The van der Waals surface area contributed by atoms with Crippen molar-refractivity contribution >= 4 is 12.0 Å². The summed E-state index contributed by atoms with van der Waals surface area (Å²) in [6, 6.07) is 1.60. The van der Waals surface area contributed by atoms with Gasteiger partial charge >= 0.3 is 6.09 Å². The van der Waals surface area contributed by atoms with E-state index in [2.05, 4.69) is 5.10 Å². The van der Waals surface area contributed by atoms with Crippen LogP contribution in [-0.4, -0.2) is 64.4 Å². The normalized spacial score (nSPS) is 20.2. The number of rotatable bonds is 2. The quantitative estimate of drug-likeness (QED) is 0.761. The number of hydrogen-bond acceptors (Lipinski definition) is 5. The van der Waals surface area contributed by atoms with Crippen LogP contribution in [0.25, 0.3) is 0 Å². The summed E-state index contributed by atoms with van der Waals surface area (Å²) in [6.45, 7) is 4.17. The van der Waals surface area contributed by atoms with Crippen molar-refractivity contribution in [3.8, 4) is 0 Å². The number of aromatic nitrogens is 2. The van der Waals surface area contributed by atoms with Crippen molar-refractivity contribution in [1.29, 1.82) is 0 Å². The third-order valence-corrected chi connectivity index (χ3v) is 4.92. The van der Waals surface area contributed by atoms with Gasteiger partial charge in [-0.1, -0.05) is 0 Å². The molecule has 1 aromatic rings. The molecule has 8 heteroatoms. The number of fused-ring (bicyclic) bond motifs is 1. The predicted octanol–water partition coefficient (Wildman–Crippen LogP) is 0.186. The van der Waals surface area contributed by atoms with Crippen LogP contribution < -0.4 is 5.56 Å². The summed E-state index contributed by atoms with van der Waals surface area (Å²) < 4.78 is 6.34. The van der Waals surface area contributed by atoms with Gasteiger partial charge in [-0.2, -0.15) is 5.10 Å². The Labute approximate surface area is 146 Å². The van der Waals surface area contributed by atoms with Gasteiger partial charge in [0.05, 0.1) is 12.3 Å². The van der Waals surface area contributed by atoms with Crippen LogP contribution in [0.15, 0.2) is 10.9 Å².